The van der Waals surface area contributed by atoms with Crippen LogP contribution in [0.5, 0.6) is 0 Å². The van der Waals surface area contributed by atoms with Crippen LogP contribution in [-0.4, -0.2) is 36.5 Å². The minimum Gasteiger partial charge on any atom is -0.323 e. The van der Waals surface area contributed by atoms with E-state index in [4.69, 9.17) is 5.73 Å². The predicted molar refractivity (Wildman–Crippen MR) is 37.5 cm³/mol. The van der Waals surface area contributed by atoms with Gasteiger partial charge in [0.25, 0.3) is 5.92 Å². The highest BCUT2D eigenvalue weighted by molar-refractivity contribution is 5.16. The molecule has 64 valence electrons. The van der Waals surface area contributed by atoms with E-state index in [9.17, 15) is 8.78 Å². The van der Waals surface area contributed by atoms with E-state index in [0.29, 0.717) is 13.1 Å². The number of fused-ring (bicyclic) bond motifs is 1. The molecule has 11 heavy (non-hydrogen) atoms. The third-order valence-corrected chi connectivity index (χ3v) is 2.83. The molecule has 2 atom stereocenters. The molecule has 4 heteroatoms. The molecule has 0 spiro atoms. The highest BCUT2D eigenvalue weighted by Gasteiger charge is 2.66. The first kappa shape index (κ1) is 7.43. The molecule has 0 aromatic heterocycles. The lowest BCUT2D eigenvalue weighted by molar-refractivity contribution is -0.163. The molecule has 1 heterocycles. The van der Waals surface area contributed by atoms with E-state index < -0.39 is 17.4 Å². The smallest absolute Gasteiger partial charge is 0.255 e. The fourth-order valence-corrected chi connectivity index (χ4v) is 2.33. The number of hydrogen-bond acceptors (Lipinski definition) is 2. The van der Waals surface area contributed by atoms with Crippen LogP contribution in [0, 0.1) is 5.92 Å². The van der Waals surface area contributed by atoms with Crippen LogP contribution < -0.4 is 5.73 Å². The van der Waals surface area contributed by atoms with E-state index in [2.05, 4.69) is 0 Å². The zero-order valence-electron chi connectivity index (χ0n) is 6.48. The Labute approximate surface area is 64.3 Å². The Morgan fingerprint density at radius 3 is 2.55 bits per heavy atom. The van der Waals surface area contributed by atoms with Gasteiger partial charge >= 0.3 is 0 Å². The molecule has 1 aliphatic carbocycles. The molecule has 1 saturated heterocycles. The zero-order valence-corrected chi connectivity index (χ0v) is 6.48. The highest BCUT2D eigenvalue weighted by Crippen LogP contribution is 2.53. The molecular formula is C7H12F2N2. The van der Waals surface area contributed by atoms with Gasteiger partial charge in [-0.2, -0.15) is 0 Å². The average Bonchev–Trinajstić information content (AvgIpc) is 2.03. The van der Waals surface area contributed by atoms with Gasteiger partial charge in [0.2, 0.25) is 0 Å². The Kier molecular flexibility index (Phi) is 1.18. The summed E-state index contributed by atoms with van der Waals surface area (Å²) < 4.78 is 25.6. The summed E-state index contributed by atoms with van der Waals surface area (Å²) in [7, 11) is 1.84. The maximum absolute atomic E-state index is 12.8. The van der Waals surface area contributed by atoms with E-state index in [1.807, 2.05) is 11.9 Å². The minimum atomic E-state index is -2.50. The van der Waals surface area contributed by atoms with Crippen molar-refractivity contribution in [2.75, 3.05) is 20.1 Å². The number of hydrogen-bond donors (Lipinski definition) is 1. The number of likely N-dealkylation sites (N-methyl/N-ethyl adjacent to an activating group) is 1. The number of likely N-dealkylation sites (tertiary alicyclic amines) is 1. The molecule has 0 amide bonds. The minimum absolute atomic E-state index is 0.130. The van der Waals surface area contributed by atoms with Crippen molar-refractivity contribution in [2.24, 2.45) is 11.7 Å². The van der Waals surface area contributed by atoms with E-state index in [1.54, 1.807) is 0 Å². The van der Waals surface area contributed by atoms with E-state index >= 15 is 0 Å². The second-order valence-electron chi connectivity index (χ2n) is 3.92. The molecule has 2 fully saturated rings. The number of nitrogens with two attached hydrogens (primary N) is 1. The summed E-state index contributed by atoms with van der Waals surface area (Å²) in [5.74, 6) is -3.10. The van der Waals surface area contributed by atoms with Gasteiger partial charge in [-0.15, -0.1) is 0 Å². The first-order valence-corrected chi connectivity index (χ1v) is 3.79. The molecule has 2 aliphatic rings. The fourth-order valence-electron chi connectivity index (χ4n) is 2.33. The van der Waals surface area contributed by atoms with Gasteiger partial charge in [0, 0.05) is 25.0 Å². The van der Waals surface area contributed by atoms with Crippen LogP contribution in [0.3, 0.4) is 0 Å². The van der Waals surface area contributed by atoms with Crippen molar-refractivity contribution in [2.45, 2.75) is 17.9 Å². The Balaban J connectivity index is 2.17. The van der Waals surface area contributed by atoms with Crippen LogP contribution in [0.15, 0.2) is 0 Å². The SMILES string of the molecule is CN1C[C@H]2C(F)(F)C[C@@]2(N)C1. The third-order valence-electron chi connectivity index (χ3n) is 2.83. The standard InChI is InChI=1S/C7H12F2N2/c1-11-2-5-6(10,4-11)3-7(5,8)9/h5H,2-4,10H2,1H3/t5-,6-/m1/s1. The van der Waals surface area contributed by atoms with Crippen molar-refractivity contribution in [3.8, 4) is 0 Å². The Morgan fingerprint density at radius 1 is 1.55 bits per heavy atom. The summed E-state index contributed by atoms with van der Waals surface area (Å²) in [4.78, 5) is 1.88. The zero-order chi connectivity index (χ0) is 8.28. The summed E-state index contributed by atoms with van der Waals surface area (Å²) in [6.07, 6.45) is -0.130. The largest absolute Gasteiger partial charge is 0.323 e. The molecule has 1 saturated carbocycles. The second-order valence-corrected chi connectivity index (χ2v) is 3.92. The van der Waals surface area contributed by atoms with Crippen LogP contribution in [0.4, 0.5) is 8.78 Å². The fraction of sp³-hybridized carbons (Fsp3) is 1.00. The predicted octanol–water partition coefficient (Wildman–Crippen LogP) is 0.285. The van der Waals surface area contributed by atoms with Crippen LogP contribution in [0.1, 0.15) is 6.42 Å². The van der Waals surface area contributed by atoms with E-state index in [0.717, 1.165) is 0 Å². The molecule has 0 bridgehead atoms. The van der Waals surface area contributed by atoms with Gasteiger partial charge in [-0.25, -0.2) is 8.78 Å². The van der Waals surface area contributed by atoms with Gasteiger partial charge in [0.1, 0.15) is 0 Å². The number of rotatable bonds is 0. The lowest BCUT2D eigenvalue weighted by atomic mass is 9.66. The maximum atomic E-state index is 12.8. The molecule has 2 N–H and O–H groups in total. The van der Waals surface area contributed by atoms with Crippen molar-refractivity contribution in [3.05, 3.63) is 0 Å². The summed E-state index contributed by atoms with van der Waals surface area (Å²) in [6.45, 7) is 1.07. The van der Waals surface area contributed by atoms with Gasteiger partial charge < -0.3 is 10.6 Å². The van der Waals surface area contributed by atoms with Crippen LogP contribution in [0.25, 0.3) is 0 Å². The van der Waals surface area contributed by atoms with Crippen molar-refractivity contribution < 1.29 is 8.78 Å². The van der Waals surface area contributed by atoms with Crippen LogP contribution >= 0.6 is 0 Å². The van der Waals surface area contributed by atoms with Gasteiger partial charge in [0.05, 0.1) is 5.92 Å². The first-order valence-electron chi connectivity index (χ1n) is 3.79. The van der Waals surface area contributed by atoms with Crippen molar-refractivity contribution >= 4 is 0 Å². The molecule has 0 unspecified atom stereocenters. The lowest BCUT2D eigenvalue weighted by Crippen LogP contribution is -2.66. The van der Waals surface area contributed by atoms with Gasteiger partial charge in [-0.05, 0) is 7.05 Å². The van der Waals surface area contributed by atoms with E-state index in [1.165, 1.54) is 0 Å². The lowest BCUT2D eigenvalue weighted by Gasteiger charge is -2.47. The Morgan fingerprint density at radius 2 is 2.18 bits per heavy atom. The van der Waals surface area contributed by atoms with Crippen LogP contribution in [0.2, 0.25) is 0 Å². The molecule has 2 rings (SSSR count). The molecular weight excluding hydrogens is 150 g/mol. The van der Waals surface area contributed by atoms with Gasteiger partial charge in [0.15, 0.2) is 0 Å². The van der Waals surface area contributed by atoms with Crippen molar-refractivity contribution in [1.29, 1.82) is 0 Å². The Hall–Kier alpha value is -0.220. The second kappa shape index (κ2) is 1.75. The number of alkyl halides is 2. The molecule has 0 aromatic rings. The molecule has 1 aliphatic heterocycles. The van der Waals surface area contributed by atoms with Crippen LogP contribution in [-0.2, 0) is 0 Å². The number of nitrogens with zero attached hydrogens (tertiary/aromatic N) is 1. The number of halogens is 2. The van der Waals surface area contributed by atoms with Gasteiger partial charge in [-0.1, -0.05) is 0 Å². The molecule has 0 aromatic carbocycles. The topological polar surface area (TPSA) is 29.3 Å². The van der Waals surface area contributed by atoms with Crippen molar-refractivity contribution in [1.82, 2.24) is 4.90 Å². The van der Waals surface area contributed by atoms with Gasteiger partial charge in [-0.3, -0.25) is 0 Å². The summed E-state index contributed by atoms with van der Waals surface area (Å²) in [5, 5.41) is 0. The summed E-state index contributed by atoms with van der Waals surface area (Å²) >= 11 is 0. The highest BCUT2D eigenvalue weighted by atomic mass is 19.3. The normalized spacial score (nSPS) is 48.5. The first-order chi connectivity index (χ1) is 4.94. The third kappa shape index (κ3) is 0.825. The summed E-state index contributed by atoms with van der Waals surface area (Å²) in [5.41, 5.74) is 5.17. The quantitative estimate of drug-likeness (QED) is 0.554. The molecule has 0 radical (unpaired) electrons. The van der Waals surface area contributed by atoms with Crippen molar-refractivity contribution in [3.63, 3.8) is 0 Å². The maximum Gasteiger partial charge on any atom is 0.255 e. The Bertz CT molecular complexity index is 195. The molecule has 2 nitrogen and oxygen atoms in total. The average molecular weight is 162 g/mol. The van der Waals surface area contributed by atoms with E-state index in [-0.39, 0.29) is 6.42 Å². The summed E-state index contributed by atoms with van der Waals surface area (Å²) in [6, 6.07) is 0. The monoisotopic (exact) mass is 162 g/mol.